The molecule has 0 atom stereocenters. The van der Waals surface area contributed by atoms with Gasteiger partial charge in [-0.2, -0.15) is 0 Å². The summed E-state index contributed by atoms with van der Waals surface area (Å²) in [5.41, 5.74) is 8.26. The Morgan fingerprint density at radius 1 is 1.42 bits per heavy atom. The number of nitrogen functional groups attached to an aromatic ring is 1. The van der Waals surface area contributed by atoms with Crippen LogP contribution in [0.4, 0.5) is 5.69 Å². The molecule has 0 amide bonds. The molecule has 2 rings (SSSR count). The average Bonchev–Trinajstić information content (AvgIpc) is 2.88. The number of aromatic nitrogens is 1. The Hall–Kier alpha value is -2.08. The fourth-order valence-electron chi connectivity index (χ4n) is 1.52. The number of thiazole rings is 1. The van der Waals surface area contributed by atoms with Crippen LogP contribution in [0.1, 0.15) is 22.2 Å². The minimum absolute atomic E-state index is 0.211. The van der Waals surface area contributed by atoms with E-state index in [2.05, 4.69) is 4.98 Å². The quantitative estimate of drug-likeness (QED) is 0.671. The number of ether oxygens (including phenoxy) is 2. The molecule has 0 bridgehead atoms. The third-order valence-corrected chi connectivity index (χ3v) is 3.06. The molecule has 1 aromatic heterocycles. The molecule has 100 valence electrons. The number of anilines is 1. The Morgan fingerprint density at radius 2 is 2.26 bits per heavy atom. The number of hydrogen-bond acceptors (Lipinski definition) is 6. The number of carbonyl (C=O) groups excluding carboxylic acids is 1. The molecule has 0 aliphatic heterocycles. The Bertz CT molecular complexity index is 555. The summed E-state index contributed by atoms with van der Waals surface area (Å²) >= 11 is 1.44. The van der Waals surface area contributed by atoms with Gasteiger partial charge in [0.15, 0.2) is 0 Å². The van der Waals surface area contributed by atoms with Gasteiger partial charge in [0.25, 0.3) is 0 Å². The van der Waals surface area contributed by atoms with Crippen LogP contribution >= 0.6 is 11.3 Å². The summed E-state index contributed by atoms with van der Waals surface area (Å²) in [5, 5.41) is 0. The van der Waals surface area contributed by atoms with Crippen LogP contribution in [0.5, 0.6) is 5.75 Å². The Balaban J connectivity index is 2.05. The highest BCUT2D eigenvalue weighted by Crippen LogP contribution is 2.20. The standard InChI is InChI=1S/C13H14N2O3S/c1-2-17-11-4-9(3-10(14)5-11)13(16)18-7-12-6-15-8-19-12/h3-6,8H,2,7,14H2,1H3. The van der Waals surface area contributed by atoms with Gasteiger partial charge >= 0.3 is 5.97 Å². The Labute approximate surface area is 115 Å². The van der Waals surface area contributed by atoms with Crippen LogP contribution in [-0.2, 0) is 11.3 Å². The van der Waals surface area contributed by atoms with Gasteiger partial charge in [0.1, 0.15) is 12.4 Å². The van der Waals surface area contributed by atoms with Crippen molar-refractivity contribution in [2.45, 2.75) is 13.5 Å². The first-order chi connectivity index (χ1) is 9.19. The summed E-state index contributed by atoms with van der Waals surface area (Å²) in [6.45, 7) is 2.59. The highest BCUT2D eigenvalue weighted by Gasteiger charge is 2.10. The van der Waals surface area contributed by atoms with Gasteiger partial charge < -0.3 is 15.2 Å². The lowest BCUT2D eigenvalue weighted by Crippen LogP contribution is -2.06. The molecule has 0 radical (unpaired) electrons. The van der Waals surface area contributed by atoms with E-state index in [0.717, 1.165) is 4.88 Å². The van der Waals surface area contributed by atoms with Crippen molar-refractivity contribution in [3.8, 4) is 5.75 Å². The number of benzene rings is 1. The smallest absolute Gasteiger partial charge is 0.338 e. The number of rotatable bonds is 5. The zero-order chi connectivity index (χ0) is 13.7. The molecule has 2 N–H and O–H groups in total. The highest BCUT2D eigenvalue weighted by atomic mass is 32.1. The summed E-state index contributed by atoms with van der Waals surface area (Å²) in [5.74, 6) is 0.133. The number of esters is 1. The van der Waals surface area contributed by atoms with Gasteiger partial charge in [0.2, 0.25) is 0 Å². The van der Waals surface area contributed by atoms with Gasteiger partial charge in [-0.3, -0.25) is 4.98 Å². The Morgan fingerprint density at radius 3 is 2.95 bits per heavy atom. The van der Waals surface area contributed by atoms with E-state index in [1.807, 2.05) is 6.92 Å². The van der Waals surface area contributed by atoms with Gasteiger partial charge in [0.05, 0.1) is 22.6 Å². The molecular formula is C13H14N2O3S. The van der Waals surface area contributed by atoms with Gasteiger partial charge in [0, 0.05) is 18.0 Å². The lowest BCUT2D eigenvalue weighted by molar-refractivity contribution is 0.0476. The first-order valence-corrected chi connectivity index (χ1v) is 6.65. The normalized spacial score (nSPS) is 10.2. The van der Waals surface area contributed by atoms with Crippen molar-refractivity contribution >= 4 is 23.0 Å². The van der Waals surface area contributed by atoms with Crippen LogP contribution < -0.4 is 10.5 Å². The number of nitrogens with zero attached hydrogens (tertiary/aromatic N) is 1. The fourth-order valence-corrected chi connectivity index (χ4v) is 2.03. The SMILES string of the molecule is CCOc1cc(N)cc(C(=O)OCc2cncs2)c1. The Kier molecular flexibility index (Phi) is 4.35. The largest absolute Gasteiger partial charge is 0.494 e. The van der Waals surface area contributed by atoms with Crippen molar-refractivity contribution in [3.05, 3.63) is 40.3 Å². The van der Waals surface area contributed by atoms with Crippen molar-refractivity contribution < 1.29 is 14.3 Å². The third-order valence-electron chi connectivity index (χ3n) is 2.30. The van der Waals surface area contributed by atoms with E-state index < -0.39 is 5.97 Å². The van der Waals surface area contributed by atoms with Crippen molar-refractivity contribution in [2.75, 3.05) is 12.3 Å². The first-order valence-electron chi connectivity index (χ1n) is 5.77. The fraction of sp³-hybridized carbons (Fsp3) is 0.231. The van der Waals surface area contributed by atoms with Crippen LogP contribution in [-0.4, -0.2) is 17.6 Å². The zero-order valence-corrected chi connectivity index (χ0v) is 11.3. The maximum atomic E-state index is 11.9. The van der Waals surface area contributed by atoms with Crippen LogP contribution in [0.3, 0.4) is 0 Å². The maximum absolute atomic E-state index is 11.9. The molecule has 5 nitrogen and oxygen atoms in total. The van der Waals surface area contributed by atoms with E-state index in [-0.39, 0.29) is 6.61 Å². The van der Waals surface area contributed by atoms with Gasteiger partial charge in [-0.15, -0.1) is 11.3 Å². The van der Waals surface area contributed by atoms with Crippen molar-refractivity contribution in [1.29, 1.82) is 0 Å². The van der Waals surface area contributed by atoms with E-state index in [0.29, 0.717) is 23.6 Å². The van der Waals surface area contributed by atoms with Gasteiger partial charge in [-0.25, -0.2) is 4.79 Å². The minimum Gasteiger partial charge on any atom is -0.494 e. The van der Waals surface area contributed by atoms with Gasteiger partial charge in [-0.1, -0.05) is 0 Å². The van der Waals surface area contributed by atoms with Gasteiger partial charge in [-0.05, 0) is 19.1 Å². The van der Waals surface area contributed by atoms with Crippen LogP contribution in [0.25, 0.3) is 0 Å². The van der Waals surface area contributed by atoms with Crippen molar-refractivity contribution in [3.63, 3.8) is 0 Å². The molecule has 2 aromatic rings. The molecule has 0 saturated carbocycles. The lowest BCUT2D eigenvalue weighted by Gasteiger charge is -2.08. The highest BCUT2D eigenvalue weighted by molar-refractivity contribution is 7.09. The van der Waals surface area contributed by atoms with E-state index in [1.54, 1.807) is 29.9 Å². The van der Waals surface area contributed by atoms with Crippen molar-refractivity contribution in [1.82, 2.24) is 4.98 Å². The summed E-state index contributed by atoms with van der Waals surface area (Å²) < 4.78 is 10.5. The second-order valence-corrected chi connectivity index (χ2v) is 4.74. The predicted molar refractivity (Wildman–Crippen MR) is 73.3 cm³/mol. The number of carbonyl (C=O) groups is 1. The predicted octanol–water partition coefficient (Wildman–Crippen LogP) is 2.48. The molecule has 1 aromatic carbocycles. The number of hydrogen-bond donors (Lipinski definition) is 1. The molecule has 1 heterocycles. The van der Waals surface area contributed by atoms with E-state index >= 15 is 0 Å². The summed E-state index contributed by atoms with van der Waals surface area (Å²) in [4.78, 5) is 16.7. The molecule has 0 fully saturated rings. The minimum atomic E-state index is -0.429. The van der Waals surface area contributed by atoms with Crippen molar-refractivity contribution in [2.24, 2.45) is 0 Å². The first kappa shape index (κ1) is 13.4. The molecule has 0 aliphatic carbocycles. The lowest BCUT2D eigenvalue weighted by atomic mass is 10.2. The zero-order valence-electron chi connectivity index (χ0n) is 10.5. The van der Waals surface area contributed by atoms with E-state index in [4.69, 9.17) is 15.2 Å². The topological polar surface area (TPSA) is 74.4 Å². The molecule has 6 heteroatoms. The van der Waals surface area contributed by atoms with E-state index in [1.165, 1.54) is 11.3 Å². The molecule has 0 aliphatic rings. The molecule has 0 saturated heterocycles. The molecule has 0 unspecified atom stereocenters. The second kappa shape index (κ2) is 6.19. The monoisotopic (exact) mass is 278 g/mol. The molecule has 19 heavy (non-hydrogen) atoms. The molecule has 0 spiro atoms. The van der Waals surface area contributed by atoms with Crippen LogP contribution in [0.2, 0.25) is 0 Å². The maximum Gasteiger partial charge on any atom is 0.338 e. The summed E-state index contributed by atoms with van der Waals surface area (Å²) in [6.07, 6.45) is 1.67. The van der Waals surface area contributed by atoms with Crippen LogP contribution in [0, 0.1) is 0 Å². The number of nitrogens with two attached hydrogens (primary N) is 1. The summed E-state index contributed by atoms with van der Waals surface area (Å²) in [7, 11) is 0. The van der Waals surface area contributed by atoms with Crippen LogP contribution in [0.15, 0.2) is 29.9 Å². The molecular weight excluding hydrogens is 264 g/mol. The third kappa shape index (κ3) is 3.69. The van der Waals surface area contributed by atoms with E-state index in [9.17, 15) is 4.79 Å². The second-order valence-electron chi connectivity index (χ2n) is 3.77. The average molecular weight is 278 g/mol. The summed E-state index contributed by atoms with van der Waals surface area (Å²) in [6, 6.07) is 4.86.